The van der Waals surface area contributed by atoms with Crippen LogP contribution in [-0.4, -0.2) is 16.9 Å². The molecule has 0 unspecified atom stereocenters. The first-order valence-corrected chi connectivity index (χ1v) is 9.99. The van der Waals surface area contributed by atoms with E-state index in [-0.39, 0.29) is 0 Å². The molecule has 0 aliphatic rings. The Balaban J connectivity index is 1.55. The van der Waals surface area contributed by atoms with Gasteiger partial charge in [-0.3, -0.25) is 0 Å². The van der Waals surface area contributed by atoms with Crippen molar-refractivity contribution < 1.29 is 4.74 Å². The quantitative estimate of drug-likeness (QED) is 0.412. The Morgan fingerprint density at radius 1 is 0.759 bits per heavy atom. The Morgan fingerprint density at radius 2 is 1.38 bits per heavy atom. The molecule has 0 amide bonds. The highest BCUT2D eigenvalue weighted by Gasteiger charge is 2.14. The summed E-state index contributed by atoms with van der Waals surface area (Å²) < 4.78 is 7.32. The first kappa shape index (κ1) is 19.0. The number of ether oxygens (including phenoxy) is 1. The SMILES string of the molecule is COc1ccc(-c2c(C)nn(-c3ccc(CCc4ccccc4)cc3)c2C)cc1. The minimum Gasteiger partial charge on any atom is -0.497 e. The molecule has 4 aromatic rings. The van der Waals surface area contributed by atoms with E-state index in [4.69, 9.17) is 9.84 Å². The molecule has 4 rings (SSSR count). The van der Waals surface area contributed by atoms with Crippen molar-refractivity contribution in [3.63, 3.8) is 0 Å². The number of benzene rings is 3. The molecule has 146 valence electrons. The fraction of sp³-hybridized carbons (Fsp3) is 0.192. The van der Waals surface area contributed by atoms with Gasteiger partial charge >= 0.3 is 0 Å². The molecule has 1 aromatic heterocycles. The van der Waals surface area contributed by atoms with Gasteiger partial charge in [0.15, 0.2) is 0 Å². The molecule has 0 saturated heterocycles. The maximum atomic E-state index is 5.28. The normalized spacial score (nSPS) is 10.9. The summed E-state index contributed by atoms with van der Waals surface area (Å²) in [6.07, 6.45) is 2.10. The summed E-state index contributed by atoms with van der Waals surface area (Å²) >= 11 is 0. The van der Waals surface area contributed by atoms with Crippen LogP contribution in [0.2, 0.25) is 0 Å². The average Bonchev–Trinajstić information content (AvgIpc) is 3.07. The molecule has 3 heteroatoms. The highest BCUT2D eigenvalue weighted by molar-refractivity contribution is 5.69. The smallest absolute Gasteiger partial charge is 0.118 e. The van der Waals surface area contributed by atoms with Crippen LogP contribution >= 0.6 is 0 Å². The van der Waals surface area contributed by atoms with E-state index in [1.54, 1.807) is 7.11 Å². The van der Waals surface area contributed by atoms with Crippen molar-refractivity contribution in [3.8, 4) is 22.6 Å². The van der Waals surface area contributed by atoms with Gasteiger partial charge in [-0.2, -0.15) is 5.10 Å². The lowest BCUT2D eigenvalue weighted by Gasteiger charge is -2.08. The zero-order valence-electron chi connectivity index (χ0n) is 17.2. The second kappa shape index (κ2) is 8.36. The second-order valence-corrected chi connectivity index (χ2v) is 7.34. The van der Waals surface area contributed by atoms with Crippen molar-refractivity contribution in [2.75, 3.05) is 7.11 Å². The molecular weight excluding hydrogens is 356 g/mol. The summed E-state index contributed by atoms with van der Waals surface area (Å²) in [6.45, 7) is 4.19. The number of aryl methyl sites for hydroxylation is 3. The number of nitrogens with zero attached hydrogens (tertiary/aromatic N) is 2. The van der Waals surface area contributed by atoms with Gasteiger partial charge in [0.05, 0.1) is 18.5 Å². The monoisotopic (exact) mass is 382 g/mol. The molecule has 1 heterocycles. The van der Waals surface area contributed by atoms with Gasteiger partial charge in [0.1, 0.15) is 5.75 Å². The van der Waals surface area contributed by atoms with Crippen LogP contribution in [0.1, 0.15) is 22.5 Å². The van der Waals surface area contributed by atoms with Crippen molar-refractivity contribution in [3.05, 3.63) is 101 Å². The molecule has 0 aliphatic heterocycles. The zero-order chi connectivity index (χ0) is 20.2. The number of hydrogen-bond acceptors (Lipinski definition) is 2. The average molecular weight is 383 g/mol. The van der Waals surface area contributed by atoms with Crippen LogP contribution in [0.15, 0.2) is 78.9 Å². The Bertz CT molecular complexity index is 1080. The van der Waals surface area contributed by atoms with Crippen LogP contribution in [0.4, 0.5) is 0 Å². The van der Waals surface area contributed by atoms with E-state index in [0.29, 0.717) is 0 Å². The Hall–Kier alpha value is -3.33. The summed E-state index contributed by atoms with van der Waals surface area (Å²) in [5, 5.41) is 4.81. The second-order valence-electron chi connectivity index (χ2n) is 7.34. The van der Waals surface area contributed by atoms with E-state index in [1.807, 2.05) is 16.8 Å². The highest BCUT2D eigenvalue weighted by atomic mass is 16.5. The molecule has 29 heavy (non-hydrogen) atoms. The number of hydrogen-bond donors (Lipinski definition) is 0. The lowest BCUT2D eigenvalue weighted by molar-refractivity contribution is 0.415. The molecule has 3 nitrogen and oxygen atoms in total. The highest BCUT2D eigenvalue weighted by Crippen LogP contribution is 2.30. The molecule has 0 atom stereocenters. The molecule has 0 aliphatic carbocycles. The van der Waals surface area contributed by atoms with Crippen LogP contribution in [0, 0.1) is 13.8 Å². The maximum Gasteiger partial charge on any atom is 0.118 e. The van der Waals surface area contributed by atoms with Crippen LogP contribution in [0.5, 0.6) is 5.75 Å². The van der Waals surface area contributed by atoms with Gasteiger partial charge in [-0.05, 0) is 67.6 Å². The molecule has 0 radical (unpaired) electrons. The maximum absolute atomic E-state index is 5.28. The number of rotatable bonds is 6. The third-order valence-electron chi connectivity index (χ3n) is 5.40. The van der Waals surface area contributed by atoms with Gasteiger partial charge in [-0.1, -0.05) is 54.6 Å². The summed E-state index contributed by atoms with van der Waals surface area (Å²) in [5.41, 5.74) is 8.32. The third-order valence-corrected chi connectivity index (χ3v) is 5.40. The topological polar surface area (TPSA) is 27.1 Å². The van der Waals surface area contributed by atoms with Gasteiger partial charge < -0.3 is 4.74 Å². The summed E-state index contributed by atoms with van der Waals surface area (Å²) in [5.74, 6) is 0.863. The Kier molecular flexibility index (Phi) is 5.48. The van der Waals surface area contributed by atoms with Crippen molar-refractivity contribution in [2.24, 2.45) is 0 Å². The Labute approximate surface area is 172 Å². The molecular formula is C26H26N2O. The molecule has 3 aromatic carbocycles. The Morgan fingerprint density at radius 3 is 2.00 bits per heavy atom. The van der Waals surface area contributed by atoms with E-state index in [9.17, 15) is 0 Å². The lowest BCUT2D eigenvalue weighted by atomic mass is 10.0. The van der Waals surface area contributed by atoms with E-state index in [0.717, 1.165) is 41.2 Å². The summed E-state index contributed by atoms with van der Waals surface area (Å²) in [6, 6.07) is 27.5. The first-order valence-electron chi connectivity index (χ1n) is 9.99. The van der Waals surface area contributed by atoms with Gasteiger partial charge in [0, 0.05) is 11.3 Å². The van der Waals surface area contributed by atoms with Gasteiger partial charge in [-0.25, -0.2) is 4.68 Å². The molecule has 0 N–H and O–H groups in total. The van der Waals surface area contributed by atoms with Gasteiger partial charge in [0.2, 0.25) is 0 Å². The third kappa shape index (κ3) is 4.09. The van der Waals surface area contributed by atoms with E-state index in [1.165, 1.54) is 16.7 Å². The zero-order valence-corrected chi connectivity index (χ0v) is 17.2. The summed E-state index contributed by atoms with van der Waals surface area (Å²) in [4.78, 5) is 0. The van der Waals surface area contributed by atoms with Crippen molar-refractivity contribution in [2.45, 2.75) is 26.7 Å². The molecule has 0 saturated carbocycles. The van der Waals surface area contributed by atoms with Crippen molar-refractivity contribution >= 4 is 0 Å². The van der Waals surface area contributed by atoms with Crippen molar-refractivity contribution in [1.82, 2.24) is 9.78 Å². The fourth-order valence-electron chi connectivity index (χ4n) is 3.81. The number of aromatic nitrogens is 2. The summed E-state index contributed by atoms with van der Waals surface area (Å²) in [7, 11) is 1.69. The van der Waals surface area contributed by atoms with E-state index >= 15 is 0 Å². The predicted molar refractivity (Wildman–Crippen MR) is 119 cm³/mol. The van der Waals surface area contributed by atoms with Crippen LogP contribution in [0.25, 0.3) is 16.8 Å². The van der Waals surface area contributed by atoms with E-state index < -0.39 is 0 Å². The lowest BCUT2D eigenvalue weighted by Crippen LogP contribution is -2.00. The standard InChI is InChI=1S/C26H26N2O/c1-19-26(23-13-17-25(29-3)18-14-23)20(2)28(27-19)24-15-11-22(12-16-24)10-9-21-7-5-4-6-8-21/h4-8,11-18H,9-10H2,1-3H3. The minimum atomic E-state index is 0.863. The predicted octanol–water partition coefficient (Wildman–Crippen LogP) is 5.95. The van der Waals surface area contributed by atoms with E-state index in [2.05, 4.69) is 80.6 Å². The van der Waals surface area contributed by atoms with Crippen LogP contribution in [0.3, 0.4) is 0 Å². The van der Waals surface area contributed by atoms with Crippen molar-refractivity contribution in [1.29, 1.82) is 0 Å². The largest absolute Gasteiger partial charge is 0.497 e. The molecule has 0 bridgehead atoms. The van der Waals surface area contributed by atoms with Crippen LogP contribution in [-0.2, 0) is 12.8 Å². The fourth-order valence-corrected chi connectivity index (χ4v) is 3.81. The number of methoxy groups -OCH3 is 1. The molecule has 0 spiro atoms. The molecule has 0 fully saturated rings. The minimum absolute atomic E-state index is 0.863. The first-order chi connectivity index (χ1) is 14.2. The van der Waals surface area contributed by atoms with Gasteiger partial charge in [0.25, 0.3) is 0 Å². The van der Waals surface area contributed by atoms with Crippen LogP contribution < -0.4 is 4.74 Å². The van der Waals surface area contributed by atoms with Gasteiger partial charge in [-0.15, -0.1) is 0 Å².